The Morgan fingerprint density at radius 1 is 1.11 bits per heavy atom. The first-order chi connectivity index (χ1) is 8.97. The molecule has 1 amide bonds. The van der Waals surface area contributed by atoms with E-state index in [1.165, 1.54) is 0 Å². The van der Waals surface area contributed by atoms with Gasteiger partial charge in [-0.1, -0.05) is 22.0 Å². The number of halogens is 2. The number of benzene rings is 2. The van der Waals surface area contributed by atoms with Gasteiger partial charge in [0.1, 0.15) is 11.5 Å². The van der Waals surface area contributed by atoms with Crippen LogP contribution in [0.2, 0.25) is 0 Å². The lowest BCUT2D eigenvalue weighted by Gasteiger charge is -2.11. The minimum Gasteiger partial charge on any atom is -0.455 e. The molecule has 0 aliphatic rings. The molecule has 0 saturated carbocycles. The Morgan fingerprint density at radius 2 is 1.84 bits per heavy atom. The highest BCUT2D eigenvalue weighted by atomic mass is 79.9. The monoisotopic (exact) mass is 383 g/mol. The normalized spacial score (nSPS) is 10.3. The van der Waals surface area contributed by atoms with Crippen molar-refractivity contribution in [1.29, 1.82) is 0 Å². The largest absolute Gasteiger partial charge is 0.455 e. The van der Waals surface area contributed by atoms with Crippen LogP contribution in [-0.4, -0.2) is 5.91 Å². The van der Waals surface area contributed by atoms with Gasteiger partial charge in [0.15, 0.2) is 0 Å². The average Bonchev–Trinajstić information content (AvgIpc) is 2.32. The fourth-order valence-corrected chi connectivity index (χ4v) is 2.51. The summed E-state index contributed by atoms with van der Waals surface area (Å²) >= 11 is 6.78. The third kappa shape index (κ3) is 3.36. The second-order valence-corrected chi connectivity index (χ2v) is 5.81. The molecule has 0 unspecified atom stereocenters. The summed E-state index contributed by atoms with van der Waals surface area (Å²) in [6.45, 7) is 1.99. The molecule has 0 spiro atoms. The van der Waals surface area contributed by atoms with E-state index in [0.717, 1.165) is 14.5 Å². The van der Waals surface area contributed by atoms with Gasteiger partial charge in [-0.2, -0.15) is 0 Å². The molecule has 19 heavy (non-hydrogen) atoms. The van der Waals surface area contributed by atoms with E-state index < -0.39 is 5.91 Å². The first-order valence-electron chi connectivity index (χ1n) is 5.51. The number of rotatable bonds is 3. The lowest BCUT2D eigenvalue weighted by atomic mass is 10.2. The number of hydrogen-bond donors (Lipinski definition) is 1. The van der Waals surface area contributed by atoms with Crippen molar-refractivity contribution in [1.82, 2.24) is 0 Å². The maximum Gasteiger partial charge on any atom is 0.252 e. The van der Waals surface area contributed by atoms with Crippen LogP contribution >= 0.6 is 31.9 Å². The minimum atomic E-state index is -0.522. The molecule has 0 fully saturated rings. The standard InChI is InChI=1S/C14H11Br2NO2/c1-8-2-5-12(11(16)6-8)19-13-7-9(15)3-4-10(13)14(17)18/h2-7H,1H3,(H2,17,18). The number of ether oxygens (including phenoxy) is 1. The van der Waals surface area contributed by atoms with Gasteiger partial charge in [-0.05, 0) is 58.7 Å². The van der Waals surface area contributed by atoms with Crippen LogP contribution in [0.25, 0.3) is 0 Å². The van der Waals surface area contributed by atoms with Crippen LogP contribution < -0.4 is 10.5 Å². The fraction of sp³-hybridized carbons (Fsp3) is 0.0714. The SMILES string of the molecule is Cc1ccc(Oc2cc(Br)ccc2C(N)=O)c(Br)c1. The van der Waals surface area contributed by atoms with E-state index in [0.29, 0.717) is 17.1 Å². The van der Waals surface area contributed by atoms with Gasteiger partial charge in [0.05, 0.1) is 10.0 Å². The van der Waals surface area contributed by atoms with Crippen LogP contribution in [-0.2, 0) is 0 Å². The van der Waals surface area contributed by atoms with Gasteiger partial charge in [-0.3, -0.25) is 4.79 Å². The summed E-state index contributed by atoms with van der Waals surface area (Å²) in [5, 5.41) is 0. The van der Waals surface area contributed by atoms with Gasteiger partial charge in [-0.25, -0.2) is 0 Å². The maximum atomic E-state index is 11.4. The topological polar surface area (TPSA) is 52.3 Å². The minimum absolute atomic E-state index is 0.343. The Kier molecular flexibility index (Phi) is 4.27. The molecule has 0 saturated heterocycles. The Hall–Kier alpha value is -1.33. The van der Waals surface area contributed by atoms with Gasteiger partial charge < -0.3 is 10.5 Å². The third-order valence-corrected chi connectivity index (χ3v) is 3.63. The second kappa shape index (κ2) is 5.75. The molecule has 3 nitrogen and oxygen atoms in total. The van der Waals surface area contributed by atoms with E-state index in [9.17, 15) is 4.79 Å². The molecular formula is C14H11Br2NO2. The molecule has 2 N–H and O–H groups in total. The molecule has 0 bridgehead atoms. The van der Waals surface area contributed by atoms with Crippen LogP contribution in [0.15, 0.2) is 45.3 Å². The van der Waals surface area contributed by atoms with Crippen LogP contribution in [0.4, 0.5) is 0 Å². The number of amides is 1. The summed E-state index contributed by atoms with van der Waals surface area (Å²) in [6, 6.07) is 10.8. The molecular weight excluding hydrogens is 374 g/mol. The van der Waals surface area contributed by atoms with Gasteiger partial charge in [0, 0.05) is 4.47 Å². The molecule has 5 heteroatoms. The van der Waals surface area contributed by atoms with Crippen LogP contribution in [0, 0.1) is 6.92 Å². The summed E-state index contributed by atoms with van der Waals surface area (Å²) in [7, 11) is 0. The molecule has 0 aliphatic carbocycles. The number of hydrogen-bond acceptors (Lipinski definition) is 2. The summed E-state index contributed by atoms with van der Waals surface area (Å²) < 4.78 is 7.40. The molecule has 0 heterocycles. The van der Waals surface area contributed by atoms with Crippen molar-refractivity contribution >= 4 is 37.8 Å². The predicted octanol–water partition coefficient (Wildman–Crippen LogP) is 4.41. The number of carbonyl (C=O) groups is 1. The molecule has 0 atom stereocenters. The highest BCUT2D eigenvalue weighted by molar-refractivity contribution is 9.10. The van der Waals surface area contributed by atoms with Crippen molar-refractivity contribution in [2.75, 3.05) is 0 Å². The molecule has 0 aliphatic heterocycles. The van der Waals surface area contributed by atoms with E-state index in [1.54, 1.807) is 18.2 Å². The molecule has 0 aromatic heterocycles. The first-order valence-corrected chi connectivity index (χ1v) is 7.09. The van der Waals surface area contributed by atoms with Crippen molar-refractivity contribution in [3.63, 3.8) is 0 Å². The lowest BCUT2D eigenvalue weighted by molar-refractivity contribution is 0.0998. The van der Waals surface area contributed by atoms with Crippen molar-refractivity contribution in [3.05, 3.63) is 56.5 Å². The fourth-order valence-electron chi connectivity index (χ4n) is 1.59. The van der Waals surface area contributed by atoms with E-state index >= 15 is 0 Å². The quantitative estimate of drug-likeness (QED) is 0.851. The number of primary amides is 1. The van der Waals surface area contributed by atoms with E-state index in [2.05, 4.69) is 31.9 Å². The Balaban J connectivity index is 2.42. The maximum absolute atomic E-state index is 11.4. The molecule has 2 rings (SSSR count). The van der Waals surface area contributed by atoms with E-state index in [-0.39, 0.29) is 0 Å². The molecule has 0 radical (unpaired) electrons. The predicted molar refractivity (Wildman–Crippen MR) is 81.6 cm³/mol. The average molecular weight is 385 g/mol. The number of aryl methyl sites for hydroxylation is 1. The second-order valence-electron chi connectivity index (χ2n) is 4.04. The molecule has 2 aromatic carbocycles. The van der Waals surface area contributed by atoms with E-state index in [1.807, 2.05) is 25.1 Å². The van der Waals surface area contributed by atoms with Crippen molar-refractivity contribution in [2.24, 2.45) is 5.73 Å². The van der Waals surface area contributed by atoms with Crippen LogP contribution in [0.1, 0.15) is 15.9 Å². The number of carbonyl (C=O) groups excluding carboxylic acids is 1. The zero-order valence-electron chi connectivity index (χ0n) is 10.1. The molecule has 2 aromatic rings. The van der Waals surface area contributed by atoms with Gasteiger partial charge >= 0.3 is 0 Å². The van der Waals surface area contributed by atoms with Crippen LogP contribution in [0.3, 0.4) is 0 Å². The summed E-state index contributed by atoms with van der Waals surface area (Å²) in [5.74, 6) is 0.531. The van der Waals surface area contributed by atoms with Crippen molar-refractivity contribution < 1.29 is 9.53 Å². The summed E-state index contributed by atoms with van der Waals surface area (Å²) in [6.07, 6.45) is 0. The summed E-state index contributed by atoms with van der Waals surface area (Å²) in [5.41, 5.74) is 6.79. The Bertz CT molecular complexity index is 641. The van der Waals surface area contributed by atoms with Crippen molar-refractivity contribution in [2.45, 2.75) is 6.92 Å². The number of nitrogens with two attached hydrogens (primary N) is 1. The van der Waals surface area contributed by atoms with Gasteiger partial charge in [0.25, 0.3) is 5.91 Å². The highest BCUT2D eigenvalue weighted by Crippen LogP contribution is 2.33. The zero-order chi connectivity index (χ0) is 14.0. The Labute approximate surface area is 128 Å². The van der Waals surface area contributed by atoms with Crippen LogP contribution in [0.5, 0.6) is 11.5 Å². The van der Waals surface area contributed by atoms with Crippen molar-refractivity contribution in [3.8, 4) is 11.5 Å². The zero-order valence-corrected chi connectivity index (χ0v) is 13.3. The molecule has 98 valence electrons. The smallest absolute Gasteiger partial charge is 0.252 e. The highest BCUT2D eigenvalue weighted by Gasteiger charge is 2.12. The Morgan fingerprint density at radius 3 is 2.47 bits per heavy atom. The van der Waals surface area contributed by atoms with E-state index in [4.69, 9.17) is 10.5 Å². The lowest BCUT2D eigenvalue weighted by Crippen LogP contribution is -2.12. The van der Waals surface area contributed by atoms with Gasteiger partial charge in [-0.15, -0.1) is 0 Å². The third-order valence-electron chi connectivity index (χ3n) is 2.52. The summed E-state index contributed by atoms with van der Waals surface area (Å²) in [4.78, 5) is 11.4. The van der Waals surface area contributed by atoms with Gasteiger partial charge in [0.2, 0.25) is 0 Å². The first kappa shape index (κ1) is 14.1.